The highest BCUT2D eigenvalue weighted by atomic mass is 32.2. The molecule has 0 atom stereocenters. The van der Waals surface area contributed by atoms with Crippen molar-refractivity contribution in [2.24, 2.45) is 4.99 Å². The number of carbonyl (C=O) groups is 1. The first-order valence-corrected chi connectivity index (χ1v) is 14.2. The molecule has 5 nitrogen and oxygen atoms in total. The van der Waals surface area contributed by atoms with Crippen LogP contribution in [0, 0.1) is 0 Å². The van der Waals surface area contributed by atoms with Gasteiger partial charge in [-0.25, -0.2) is 4.99 Å². The number of amidine groups is 1. The van der Waals surface area contributed by atoms with Crippen molar-refractivity contribution in [1.82, 2.24) is 4.90 Å². The maximum Gasteiger partial charge on any atom is 0.267 e. The number of hydrogen-bond acceptors (Lipinski definition) is 5. The maximum absolute atomic E-state index is 13.7. The van der Waals surface area contributed by atoms with Crippen LogP contribution in [-0.4, -0.2) is 29.1 Å². The Bertz CT molecular complexity index is 1330. The molecule has 0 spiro atoms. The highest BCUT2D eigenvalue weighted by Gasteiger charge is 2.38. The number of aliphatic imine (C=N–C) groups is 1. The number of amides is 1. The van der Waals surface area contributed by atoms with Gasteiger partial charge < -0.3 is 9.47 Å². The van der Waals surface area contributed by atoms with Crippen LogP contribution in [0.5, 0.6) is 11.5 Å². The van der Waals surface area contributed by atoms with Crippen LogP contribution in [-0.2, 0) is 17.8 Å². The predicted molar refractivity (Wildman–Crippen MR) is 156 cm³/mol. The average molecular weight is 527 g/mol. The van der Waals surface area contributed by atoms with E-state index in [1.54, 1.807) is 7.11 Å². The number of benzene rings is 3. The smallest absolute Gasteiger partial charge is 0.267 e. The summed E-state index contributed by atoms with van der Waals surface area (Å²) in [6.07, 6.45) is 8.43. The van der Waals surface area contributed by atoms with Gasteiger partial charge in [0.25, 0.3) is 5.91 Å². The van der Waals surface area contributed by atoms with Gasteiger partial charge in [-0.15, -0.1) is 0 Å². The molecule has 0 radical (unpaired) electrons. The van der Waals surface area contributed by atoms with Crippen LogP contribution in [0.25, 0.3) is 6.08 Å². The van der Waals surface area contributed by atoms with Crippen molar-refractivity contribution in [2.45, 2.75) is 58.1 Å². The van der Waals surface area contributed by atoms with E-state index in [2.05, 4.69) is 13.0 Å². The molecule has 0 bridgehead atoms. The van der Waals surface area contributed by atoms with Gasteiger partial charge in [0.2, 0.25) is 0 Å². The van der Waals surface area contributed by atoms with Crippen molar-refractivity contribution >= 4 is 34.6 Å². The zero-order chi connectivity index (χ0) is 26.3. The molecule has 1 saturated carbocycles. The predicted octanol–water partition coefficient (Wildman–Crippen LogP) is 7.77. The zero-order valence-corrected chi connectivity index (χ0v) is 22.9. The largest absolute Gasteiger partial charge is 0.493 e. The van der Waals surface area contributed by atoms with Crippen LogP contribution in [0.1, 0.15) is 55.7 Å². The van der Waals surface area contributed by atoms with Crippen LogP contribution >= 0.6 is 11.8 Å². The van der Waals surface area contributed by atoms with Crippen molar-refractivity contribution in [3.05, 3.63) is 94.4 Å². The van der Waals surface area contributed by atoms with E-state index in [0.717, 1.165) is 54.1 Å². The molecule has 38 heavy (non-hydrogen) atoms. The summed E-state index contributed by atoms with van der Waals surface area (Å²) in [5.41, 5.74) is 4.11. The lowest BCUT2D eigenvalue weighted by Gasteiger charge is -2.30. The molecular formula is C32H34N2O3S. The number of methoxy groups -OCH3 is 1. The fraction of sp³-hybridized carbons (Fsp3) is 0.312. The maximum atomic E-state index is 13.7. The Morgan fingerprint density at radius 3 is 2.50 bits per heavy atom. The molecule has 1 saturated heterocycles. The first-order chi connectivity index (χ1) is 18.7. The van der Waals surface area contributed by atoms with E-state index < -0.39 is 0 Å². The molecule has 1 aliphatic heterocycles. The van der Waals surface area contributed by atoms with Crippen LogP contribution < -0.4 is 9.47 Å². The quantitative estimate of drug-likeness (QED) is 0.281. The van der Waals surface area contributed by atoms with Gasteiger partial charge in [-0.1, -0.05) is 80.8 Å². The molecule has 0 N–H and O–H groups in total. The Labute approximate surface area is 229 Å². The van der Waals surface area contributed by atoms with E-state index in [1.165, 1.54) is 23.7 Å². The van der Waals surface area contributed by atoms with E-state index >= 15 is 0 Å². The van der Waals surface area contributed by atoms with Gasteiger partial charge >= 0.3 is 0 Å². The molecule has 0 aromatic heterocycles. The van der Waals surface area contributed by atoms with Crippen molar-refractivity contribution in [2.75, 3.05) is 7.11 Å². The van der Waals surface area contributed by atoms with E-state index in [4.69, 9.17) is 14.5 Å². The molecular weight excluding hydrogens is 492 g/mol. The first-order valence-electron chi connectivity index (χ1n) is 13.4. The molecule has 196 valence electrons. The van der Waals surface area contributed by atoms with E-state index in [1.807, 2.05) is 77.7 Å². The minimum Gasteiger partial charge on any atom is -0.493 e. The molecule has 5 rings (SSSR count). The lowest BCUT2D eigenvalue weighted by molar-refractivity contribution is -0.124. The lowest BCUT2D eigenvalue weighted by Crippen LogP contribution is -2.40. The lowest BCUT2D eigenvalue weighted by atomic mass is 9.94. The minimum atomic E-state index is 0.0398. The summed E-state index contributed by atoms with van der Waals surface area (Å²) in [7, 11) is 1.64. The van der Waals surface area contributed by atoms with Crippen molar-refractivity contribution in [3.8, 4) is 11.5 Å². The number of nitrogens with zero attached hydrogens (tertiary/aromatic N) is 2. The van der Waals surface area contributed by atoms with E-state index in [9.17, 15) is 4.79 Å². The Kier molecular flexibility index (Phi) is 8.49. The second-order valence-corrected chi connectivity index (χ2v) is 10.6. The van der Waals surface area contributed by atoms with Crippen LogP contribution in [0.3, 0.4) is 0 Å². The Balaban J connectivity index is 1.42. The molecule has 1 amide bonds. The molecule has 3 aromatic carbocycles. The topological polar surface area (TPSA) is 51.1 Å². The standard InChI is InChI=1S/C32H34N2O3S/c1-3-25-14-10-11-17-27(25)33-32-34(26-15-8-5-9-16-26)31(35)30(38-32)21-24-18-19-28(29(20-24)36-2)37-22-23-12-6-4-7-13-23/h4,6-7,10-14,17-21,26H,3,5,8-9,15-16,22H2,1-2H3/b30-21+,33-32?. The van der Waals surface area contributed by atoms with Crippen LogP contribution in [0.15, 0.2) is 82.7 Å². The second kappa shape index (κ2) is 12.4. The SMILES string of the molecule is CCc1ccccc1N=C1S/C(=C/c2ccc(OCc3ccccc3)c(OC)c2)C(=O)N1C1CCCCC1. The average Bonchev–Trinajstić information content (AvgIpc) is 3.27. The van der Waals surface area contributed by atoms with E-state index in [0.29, 0.717) is 23.0 Å². The van der Waals surface area contributed by atoms with E-state index in [-0.39, 0.29) is 11.9 Å². The number of ether oxygens (including phenoxy) is 2. The Hall–Kier alpha value is -3.51. The number of para-hydroxylation sites is 1. The van der Waals surface area contributed by atoms with Crippen LogP contribution in [0.2, 0.25) is 0 Å². The zero-order valence-electron chi connectivity index (χ0n) is 22.1. The monoisotopic (exact) mass is 526 g/mol. The summed E-state index contributed by atoms with van der Waals surface area (Å²) in [6, 6.07) is 24.2. The summed E-state index contributed by atoms with van der Waals surface area (Å²) >= 11 is 1.47. The third-order valence-electron chi connectivity index (χ3n) is 7.09. The number of aryl methyl sites for hydroxylation is 1. The molecule has 1 heterocycles. The fourth-order valence-electron chi connectivity index (χ4n) is 5.03. The second-order valence-electron chi connectivity index (χ2n) is 9.64. The minimum absolute atomic E-state index is 0.0398. The van der Waals surface area contributed by atoms with Crippen molar-refractivity contribution in [3.63, 3.8) is 0 Å². The van der Waals surface area contributed by atoms with Gasteiger partial charge in [-0.2, -0.15) is 0 Å². The summed E-state index contributed by atoms with van der Waals surface area (Å²) in [5, 5.41) is 0.781. The summed E-state index contributed by atoms with van der Waals surface area (Å²) in [5.74, 6) is 1.35. The molecule has 6 heteroatoms. The highest BCUT2D eigenvalue weighted by molar-refractivity contribution is 8.18. The molecule has 0 unspecified atom stereocenters. The number of hydrogen-bond donors (Lipinski definition) is 0. The fourth-order valence-corrected chi connectivity index (χ4v) is 6.08. The van der Waals surface area contributed by atoms with Gasteiger partial charge in [0.1, 0.15) is 6.61 Å². The first kappa shape index (κ1) is 26.1. The highest BCUT2D eigenvalue weighted by Crippen LogP contribution is 2.40. The Morgan fingerprint density at radius 2 is 1.74 bits per heavy atom. The summed E-state index contributed by atoms with van der Waals surface area (Å²) in [4.78, 5) is 21.4. The molecule has 1 aliphatic carbocycles. The van der Waals surface area contributed by atoms with Crippen LogP contribution in [0.4, 0.5) is 5.69 Å². The number of thioether (sulfide) groups is 1. The Morgan fingerprint density at radius 1 is 0.974 bits per heavy atom. The van der Waals surface area contributed by atoms with Crippen molar-refractivity contribution < 1.29 is 14.3 Å². The third kappa shape index (κ3) is 5.97. The summed E-state index contributed by atoms with van der Waals surface area (Å²) in [6.45, 7) is 2.60. The molecule has 2 fully saturated rings. The number of carbonyl (C=O) groups excluding carboxylic acids is 1. The van der Waals surface area contributed by atoms with Crippen molar-refractivity contribution in [1.29, 1.82) is 0 Å². The van der Waals surface area contributed by atoms with Gasteiger partial charge in [0, 0.05) is 6.04 Å². The third-order valence-corrected chi connectivity index (χ3v) is 8.07. The van der Waals surface area contributed by atoms with Gasteiger partial charge in [-0.3, -0.25) is 9.69 Å². The summed E-state index contributed by atoms with van der Waals surface area (Å²) < 4.78 is 11.6. The number of rotatable bonds is 8. The van der Waals surface area contributed by atoms with Gasteiger partial charge in [-0.05, 0) is 72.0 Å². The molecule has 2 aliphatic rings. The normalized spacial score (nSPS) is 18.4. The van der Waals surface area contributed by atoms with Gasteiger partial charge in [0.05, 0.1) is 17.7 Å². The van der Waals surface area contributed by atoms with Gasteiger partial charge in [0.15, 0.2) is 16.7 Å². The molecule has 3 aromatic rings.